The molecule has 0 spiro atoms. The number of urea groups is 1. The van der Waals surface area contributed by atoms with Crippen LogP contribution in [-0.2, 0) is 15.9 Å². The van der Waals surface area contributed by atoms with Crippen LogP contribution in [0.1, 0.15) is 5.56 Å². The molecular formula is C21H26N6O3. The Morgan fingerprint density at radius 3 is 2.53 bits per heavy atom. The molecule has 2 fully saturated rings. The molecule has 0 aliphatic carbocycles. The number of anilines is 3. The van der Waals surface area contributed by atoms with E-state index in [0.717, 1.165) is 62.2 Å². The summed E-state index contributed by atoms with van der Waals surface area (Å²) in [6.45, 7) is 5.40. The topological polar surface area (TPSA) is 91.9 Å². The van der Waals surface area contributed by atoms with Crippen molar-refractivity contribution in [1.29, 1.82) is 0 Å². The molecule has 2 N–H and O–H groups in total. The molecule has 5 rings (SSSR count). The molecule has 3 aliphatic rings. The van der Waals surface area contributed by atoms with E-state index < -0.39 is 0 Å². The lowest BCUT2D eigenvalue weighted by Crippen LogP contribution is -2.43. The molecule has 1 aromatic carbocycles. The van der Waals surface area contributed by atoms with Crippen molar-refractivity contribution in [2.75, 3.05) is 68.2 Å². The molecule has 158 valence electrons. The Morgan fingerprint density at radius 2 is 1.77 bits per heavy atom. The number of morpholine rings is 2. The third-order valence-corrected chi connectivity index (χ3v) is 5.84. The summed E-state index contributed by atoms with van der Waals surface area (Å²) in [6, 6.07) is 7.71. The highest BCUT2D eigenvalue weighted by molar-refractivity contribution is 5.89. The van der Waals surface area contributed by atoms with Gasteiger partial charge in [0.1, 0.15) is 11.6 Å². The van der Waals surface area contributed by atoms with E-state index in [4.69, 9.17) is 19.4 Å². The minimum absolute atomic E-state index is 0.246. The highest BCUT2D eigenvalue weighted by Gasteiger charge is 2.37. The first-order chi connectivity index (χ1) is 14.7. The molecule has 4 heterocycles. The average Bonchev–Trinajstić information content (AvgIpc) is 3.18. The molecule has 9 nitrogen and oxygen atoms in total. The number of rotatable bonds is 3. The molecule has 2 aromatic rings. The maximum atomic E-state index is 11.5. The zero-order valence-corrected chi connectivity index (χ0v) is 17.1. The molecule has 2 saturated heterocycles. The fraction of sp³-hybridized carbons (Fsp3) is 0.476. The summed E-state index contributed by atoms with van der Waals surface area (Å²) in [7, 11) is 1.59. The van der Waals surface area contributed by atoms with Gasteiger partial charge in [0.2, 0.25) is 0 Å². The highest BCUT2D eigenvalue weighted by atomic mass is 16.5. The van der Waals surface area contributed by atoms with Crippen LogP contribution in [-0.4, -0.2) is 75.2 Å². The number of hydrogen-bond acceptors (Lipinski definition) is 7. The van der Waals surface area contributed by atoms with E-state index in [-0.39, 0.29) is 6.03 Å². The Hall–Kier alpha value is -2.91. The van der Waals surface area contributed by atoms with Crippen molar-refractivity contribution in [3.8, 4) is 11.4 Å². The summed E-state index contributed by atoms with van der Waals surface area (Å²) in [5.41, 5.74) is 2.86. The normalized spacial score (nSPS) is 20.5. The van der Waals surface area contributed by atoms with Crippen LogP contribution in [0.15, 0.2) is 24.3 Å². The van der Waals surface area contributed by atoms with Gasteiger partial charge in [0.25, 0.3) is 0 Å². The number of nitrogens with zero attached hydrogens (tertiary/aromatic N) is 4. The maximum Gasteiger partial charge on any atom is 0.318 e. The number of fused-ring (bicyclic) bond motifs is 3. The molecule has 0 bridgehead atoms. The van der Waals surface area contributed by atoms with Gasteiger partial charge in [-0.05, 0) is 24.3 Å². The molecule has 1 unspecified atom stereocenters. The minimum atomic E-state index is -0.246. The maximum absolute atomic E-state index is 11.5. The first kappa shape index (κ1) is 19.1. The van der Waals surface area contributed by atoms with Gasteiger partial charge in [0.05, 0.1) is 32.5 Å². The Bertz CT molecular complexity index is 929. The van der Waals surface area contributed by atoms with Crippen molar-refractivity contribution in [2.24, 2.45) is 0 Å². The number of carbonyl (C=O) groups is 1. The van der Waals surface area contributed by atoms with Gasteiger partial charge in [-0.2, -0.15) is 0 Å². The van der Waals surface area contributed by atoms with Gasteiger partial charge in [0, 0.05) is 49.9 Å². The number of benzene rings is 1. The summed E-state index contributed by atoms with van der Waals surface area (Å²) in [5, 5.41) is 5.33. The van der Waals surface area contributed by atoms with Crippen LogP contribution in [0.4, 0.5) is 22.1 Å². The average molecular weight is 410 g/mol. The summed E-state index contributed by atoms with van der Waals surface area (Å²) >= 11 is 0. The first-order valence-electron chi connectivity index (χ1n) is 10.4. The van der Waals surface area contributed by atoms with Crippen molar-refractivity contribution in [3.05, 3.63) is 29.8 Å². The van der Waals surface area contributed by atoms with Crippen molar-refractivity contribution in [3.63, 3.8) is 0 Å². The Labute approximate surface area is 175 Å². The molecule has 1 aromatic heterocycles. The third kappa shape index (κ3) is 3.54. The number of amides is 2. The number of ether oxygens (including phenoxy) is 2. The van der Waals surface area contributed by atoms with E-state index in [9.17, 15) is 4.79 Å². The molecule has 0 radical (unpaired) electrons. The largest absolute Gasteiger partial charge is 0.378 e. The number of aromatic nitrogens is 2. The molecule has 2 amide bonds. The van der Waals surface area contributed by atoms with E-state index in [1.54, 1.807) is 7.05 Å². The SMILES string of the molecule is CNC(=O)Nc1ccc(-c2nc(N3CCOCC3)c3c(n2)N2CCOCC2C3)cc1. The second-order valence-corrected chi connectivity index (χ2v) is 7.68. The lowest BCUT2D eigenvalue weighted by atomic mass is 10.1. The van der Waals surface area contributed by atoms with Gasteiger partial charge >= 0.3 is 6.03 Å². The van der Waals surface area contributed by atoms with Crippen LogP contribution in [0.3, 0.4) is 0 Å². The smallest absolute Gasteiger partial charge is 0.318 e. The van der Waals surface area contributed by atoms with Crippen LogP contribution in [0, 0.1) is 0 Å². The molecule has 30 heavy (non-hydrogen) atoms. The van der Waals surface area contributed by atoms with E-state index >= 15 is 0 Å². The van der Waals surface area contributed by atoms with E-state index in [1.807, 2.05) is 24.3 Å². The van der Waals surface area contributed by atoms with Crippen LogP contribution in [0.5, 0.6) is 0 Å². The van der Waals surface area contributed by atoms with E-state index in [2.05, 4.69) is 20.4 Å². The minimum Gasteiger partial charge on any atom is -0.378 e. The fourth-order valence-corrected chi connectivity index (χ4v) is 4.28. The van der Waals surface area contributed by atoms with Gasteiger partial charge < -0.3 is 29.9 Å². The molecule has 0 saturated carbocycles. The second kappa shape index (κ2) is 8.08. The molecule has 3 aliphatic heterocycles. The van der Waals surface area contributed by atoms with E-state index in [1.165, 1.54) is 5.56 Å². The Kier molecular flexibility index (Phi) is 5.14. The summed E-state index contributed by atoms with van der Waals surface area (Å²) in [6.07, 6.45) is 0.914. The van der Waals surface area contributed by atoms with Crippen molar-refractivity contribution >= 4 is 23.4 Å². The van der Waals surface area contributed by atoms with Crippen molar-refractivity contribution < 1.29 is 14.3 Å². The Morgan fingerprint density at radius 1 is 1.03 bits per heavy atom. The standard InChI is InChI=1S/C21H26N6O3/c1-22-21(28)23-15-4-2-14(3-5-15)18-24-19(26-6-9-29-10-7-26)17-12-16-13-30-11-8-27(16)20(17)25-18/h2-5,16H,6-13H2,1H3,(H2,22,23,28). The van der Waals surface area contributed by atoms with Crippen LogP contribution >= 0.6 is 0 Å². The van der Waals surface area contributed by atoms with Gasteiger partial charge in [-0.15, -0.1) is 0 Å². The molecule has 1 atom stereocenters. The van der Waals surface area contributed by atoms with Gasteiger partial charge in [0.15, 0.2) is 5.82 Å². The van der Waals surface area contributed by atoms with Crippen LogP contribution in [0.25, 0.3) is 11.4 Å². The first-order valence-corrected chi connectivity index (χ1v) is 10.4. The summed E-state index contributed by atoms with van der Waals surface area (Å²) in [5.74, 6) is 2.75. The van der Waals surface area contributed by atoms with Gasteiger partial charge in [-0.25, -0.2) is 14.8 Å². The molecular weight excluding hydrogens is 384 g/mol. The van der Waals surface area contributed by atoms with Gasteiger partial charge in [-0.3, -0.25) is 0 Å². The third-order valence-electron chi connectivity index (χ3n) is 5.84. The fourth-order valence-electron chi connectivity index (χ4n) is 4.28. The van der Waals surface area contributed by atoms with Gasteiger partial charge in [-0.1, -0.05) is 0 Å². The lowest BCUT2D eigenvalue weighted by Gasteiger charge is -2.31. The highest BCUT2D eigenvalue weighted by Crippen LogP contribution is 2.39. The van der Waals surface area contributed by atoms with Crippen molar-refractivity contribution in [1.82, 2.24) is 15.3 Å². The predicted molar refractivity (Wildman–Crippen MR) is 114 cm³/mol. The summed E-state index contributed by atoms with van der Waals surface area (Å²) < 4.78 is 11.3. The zero-order chi connectivity index (χ0) is 20.5. The predicted octanol–water partition coefficient (Wildman–Crippen LogP) is 1.49. The van der Waals surface area contributed by atoms with Crippen molar-refractivity contribution in [2.45, 2.75) is 12.5 Å². The monoisotopic (exact) mass is 410 g/mol. The lowest BCUT2D eigenvalue weighted by molar-refractivity contribution is 0.0973. The van der Waals surface area contributed by atoms with Crippen LogP contribution < -0.4 is 20.4 Å². The van der Waals surface area contributed by atoms with Crippen LogP contribution in [0.2, 0.25) is 0 Å². The zero-order valence-electron chi connectivity index (χ0n) is 17.1. The number of hydrogen-bond donors (Lipinski definition) is 2. The van der Waals surface area contributed by atoms with E-state index in [0.29, 0.717) is 25.1 Å². The quantitative estimate of drug-likeness (QED) is 0.792. The summed E-state index contributed by atoms with van der Waals surface area (Å²) in [4.78, 5) is 26.2. The number of carbonyl (C=O) groups excluding carboxylic acids is 1. The molecule has 9 heteroatoms. The Balaban J connectivity index is 1.52. The second-order valence-electron chi connectivity index (χ2n) is 7.68. The number of nitrogens with one attached hydrogen (secondary N) is 2.